The van der Waals surface area contributed by atoms with E-state index in [2.05, 4.69) is 4.74 Å². The molecule has 1 atom stereocenters. The lowest BCUT2D eigenvalue weighted by atomic mass is 10.1. The Morgan fingerprint density at radius 1 is 0.900 bits per heavy atom. The Balaban J connectivity index is 1.54. The minimum atomic E-state index is -4.84. The fraction of sp³-hybridized carbons (Fsp3) is 0.238. The third kappa shape index (κ3) is 4.36. The van der Waals surface area contributed by atoms with Crippen molar-refractivity contribution >= 4 is 20.8 Å². The molecule has 1 heterocycles. The number of hydrogen-bond donors (Lipinski definition) is 0. The molecule has 0 aromatic heterocycles. The molecule has 5 nitrogen and oxygen atoms in total. The first kappa shape index (κ1) is 20.5. The van der Waals surface area contributed by atoms with E-state index in [0.29, 0.717) is 18.6 Å². The first-order valence-electron chi connectivity index (χ1n) is 9.25. The standard InChI is InChI=1S/C21H18F3NO4S/c22-21(23,24)29-17-9-11-19(12-10-17)30(26,27)25-13-3-6-20(25)28-18-8-7-15-4-1-2-5-16(15)14-18/h1-2,4-5,7-12,14,20H,3,6,13H2/t20-/m0/s1. The second-order valence-electron chi connectivity index (χ2n) is 6.86. The van der Waals surface area contributed by atoms with Crippen LogP contribution in [0, 0.1) is 0 Å². The van der Waals surface area contributed by atoms with Crippen LogP contribution in [0.1, 0.15) is 12.8 Å². The summed E-state index contributed by atoms with van der Waals surface area (Å²) in [6.07, 6.45) is -4.40. The summed E-state index contributed by atoms with van der Waals surface area (Å²) in [4.78, 5) is -0.119. The van der Waals surface area contributed by atoms with Crippen LogP contribution in [0.2, 0.25) is 0 Å². The average Bonchev–Trinajstić information content (AvgIpc) is 3.16. The van der Waals surface area contributed by atoms with Gasteiger partial charge in [-0.2, -0.15) is 4.31 Å². The molecule has 1 aliphatic heterocycles. The van der Waals surface area contributed by atoms with Crippen LogP contribution in [-0.4, -0.2) is 31.9 Å². The highest BCUT2D eigenvalue weighted by Crippen LogP contribution is 2.31. The molecule has 0 bridgehead atoms. The second kappa shape index (κ2) is 7.81. The summed E-state index contributed by atoms with van der Waals surface area (Å²) in [5, 5.41) is 2.02. The zero-order valence-corrected chi connectivity index (χ0v) is 16.5. The molecule has 0 N–H and O–H groups in total. The maximum Gasteiger partial charge on any atom is 0.573 e. The van der Waals surface area contributed by atoms with Crippen LogP contribution < -0.4 is 9.47 Å². The molecule has 1 aliphatic rings. The maximum atomic E-state index is 13.0. The summed E-state index contributed by atoms with van der Waals surface area (Å²) in [6.45, 7) is 0.265. The first-order valence-corrected chi connectivity index (χ1v) is 10.7. The minimum Gasteiger partial charge on any atom is -0.474 e. The molecule has 3 aromatic carbocycles. The molecule has 0 amide bonds. The SMILES string of the molecule is O=S(=O)(c1ccc(OC(F)(F)F)cc1)N1CCC[C@@H]1Oc1ccc2ccccc2c1. The predicted octanol–water partition coefficient (Wildman–Crippen LogP) is 4.93. The van der Waals surface area contributed by atoms with Crippen LogP contribution in [0.5, 0.6) is 11.5 Å². The Morgan fingerprint density at radius 2 is 1.57 bits per heavy atom. The van der Waals surface area contributed by atoms with Gasteiger partial charge >= 0.3 is 6.36 Å². The Morgan fingerprint density at radius 3 is 2.27 bits per heavy atom. The molecule has 0 saturated carbocycles. The normalized spacial score (nSPS) is 17.9. The van der Waals surface area contributed by atoms with Gasteiger partial charge in [0.05, 0.1) is 4.90 Å². The molecule has 0 radical (unpaired) electrons. The Kier molecular flexibility index (Phi) is 5.33. The molecule has 0 aliphatic carbocycles. The largest absolute Gasteiger partial charge is 0.573 e. The van der Waals surface area contributed by atoms with E-state index in [4.69, 9.17) is 4.74 Å². The second-order valence-corrected chi connectivity index (χ2v) is 8.75. The molecule has 0 spiro atoms. The van der Waals surface area contributed by atoms with Gasteiger partial charge in [0, 0.05) is 13.0 Å². The summed E-state index contributed by atoms with van der Waals surface area (Å²) in [7, 11) is -3.94. The minimum absolute atomic E-state index is 0.119. The van der Waals surface area contributed by atoms with Crippen LogP contribution in [0.4, 0.5) is 13.2 Å². The van der Waals surface area contributed by atoms with Crippen molar-refractivity contribution in [1.29, 1.82) is 0 Å². The van der Waals surface area contributed by atoms with Crippen molar-refractivity contribution in [2.24, 2.45) is 0 Å². The molecule has 4 rings (SSSR count). The molecular weight excluding hydrogens is 419 g/mol. The summed E-state index contributed by atoms with van der Waals surface area (Å²) in [5.41, 5.74) is 0. The summed E-state index contributed by atoms with van der Waals surface area (Å²) >= 11 is 0. The number of fused-ring (bicyclic) bond motifs is 1. The lowest BCUT2D eigenvalue weighted by Crippen LogP contribution is -2.38. The highest BCUT2D eigenvalue weighted by Gasteiger charge is 2.37. The van der Waals surface area contributed by atoms with E-state index in [9.17, 15) is 21.6 Å². The van der Waals surface area contributed by atoms with Crippen molar-refractivity contribution in [3.63, 3.8) is 0 Å². The molecule has 30 heavy (non-hydrogen) atoms. The average molecular weight is 437 g/mol. The van der Waals surface area contributed by atoms with E-state index in [-0.39, 0.29) is 11.4 Å². The summed E-state index contributed by atoms with van der Waals surface area (Å²) in [5.74, 6) is 0.0709. The first-order chi connectivity index (χ1) is 14.2. The van der Waals surface area contributed by atoms with Crippen LogP contribution in [0.25, 0.3) is 10.8 Å². The molecule has 0 unspecified atom stereocenters. The van der Waals surface area contributed by atoms with Crippen molar-refractivity contribution in [1.82, 2.24) is 4.31 Å². The quantitative estimate of drug-likeness (QED) is 0.568. The third-order valence-corrected chi connectivity index (χ3v) is 6.71. The van der Waals surface area contributed by atoms with Gasteiger partial charge in [0.2, 0.25) is 10.0 Å². The van der Waals surface area contributed by atoms with Gasteiger partial charge in [-0.3, -0.25) is 0 Å². The molecular formula is C21H18F3NO4S. The van der Waals surface area contributed by atoms with Gasteiger partial charge in [0.25, 0.3) is 0 Å². The highest BCUT2D eigenvalue weighted by atomic mass is 32.2. The molecule has 1 fully saturated rings. The van der Waals surface area contributed by atoms with Crippen LogP contribution in [0.15, 0.2) is 71.6 Å². The van der Waals surface area contributed by atoms with Crippen molar-refractivity contribution in [2.45, 2.75) is 30.3 Å². The number of halogens is 3. The number of rotatable bonds is 5. The molecule has 3 aromatic rings. The van der Waals surface area contributed by atoms with Gasteiger partial charge < -0.3 is 9.47 Å². The number of ether oxygens (including phenoxy) is 2. The van der Waals surface area contributed by atoms with Crippen LogP contribution in [-0.2, 0) is 10.0 Å². The van der Waals surface area contributed by atoms with E-state index < -0.39 is 28.4 Å². The number of alkyl halides is 3. The fourth-order valence-corrected chi connectivity index (χ4v) is 5.03. The molecule has 1 saturated heterocycles. The maximum absolute atomic E-state index is 13.0. The van der Waals surface area contributed by atoms with E-state index in [1.54, 1.807) is 6.07 Å². The highest BCUT2D eigenvalue weighted by molar-refractivity contribution is 7.89. The smallest absolute Gasteiger partial charge is 0.474 e. The Bertz CT molecular complexity index is 1150. The van der Waals surface area contributed by atoms with Gasteiger partial charge in [-0.1, -0.05) is 30.3 Å². The predicted molar refractivity (Wildman–Crippen MR) is 105 cm³/mol. The van der Waals surface area contributed by atoms with E-state index in [0.717, 1.165) is 35.0 Å². The van der Waals surface area contributed by atoms with Crippen molar-refractivity contribution < 1.29 is 31.1 Å². The van der Waals surface area contributed by atoms with Gasteiger partial charge in [0.15, 0.2) is 6.23 Å². The van der Waals surface area contributed by atoms with Gasteiger partial charge in [-0.15, -0.1) is 13.2 Å². The Hall–Kier alpha value is -2.78. The summed E-state index contributed by atoms with van der Waals surface area (Å²) in [6, 6.07) is 17.4. The van der Waals surface area contributed by atoms with Crippen LogP contribution >= 0.6 is 0 Å². The van der Waals surface area contributed by atoms with Crippen molar-refractivity contribution in [3.8, 4) is 11.5 Å². The number of nitrogens with zero attached hydrogens (tertiary/aromatic N) is 1. The number of hydrogen-bond acceptors (Lipinski definition) is 4. The lowest BCUT2D eigenvalue weighted by molar-refractivity contribution is -0.274. The van der Waals surface area contributed by atoms with E-state index >= 15 is 0 Å². The fourth-order valence-electron chi connectivity index (χ4n) is 3.45. The Labute approximate surface area is 171 Å². The third-order valence-electron chi connectivity index (χ3n) is 4.81. The van der Waals surface area contributed by atoms with E-state index in [1.165, 1.54) is 4.31 Å². The molecule has 158 valence electrons. The zero-order chi connectivity index (χ0) is 21.4. The zero-order valence-electron chi connectivity index (χ0n) is 15.7. The number of sulfonamides is 1. The monoisotopic (exact) mass is 437 g/mol. The summed E-state index contributed by atoms with van der Waals surface area (Å²) < 4.78 is 74.0. The van der Waals surface area contributed by atoms with E-state index in [1.807, 2.05) is 36.4 Å². The topological polar surface area (TPSA) is 55.8 Å². The van der Waals surface area contributed by atoms with Crippen molar-refractivity contribution in [2.75, 3.05) is 6.54 Å². The van der Waals surface area contributed by atoms with Gasteiger partial charge in [-0.25, -0.2) is 8.42 Å². The lowest BCUT2D eigenvalue weighted by Gasteiger charge is -2.25. The molecule has 9 heteroatoms. The number of benzene rings is 3. The van der Waals surface area contributed by atoms with Crippen LogP contribution in [0.3, 0.4) is 0 Å². The van der Waals surface area contributed by atoms with Crippen molar-refractivity contribution in [3.05, 3.63) is 66.7 Å². The van der Waals surface area contributed by atoms with Gasteiger partial charge in [0.1, 0.15) is 11.5 Å². The van der Waals surface area contributed by atoms with Gasteiger partial charge in [-0.05, 0) is 53.6 Å².